The summed E-state index contributed by atoms with van der Waals surface area (Å²) in [5.41, 5.74) is 5.00. The number of rotatable bonds is 5. The zero-order valence-corrected chi connectivity index (χ0v) is 12.5. The fraction of sp³-hybridized carbons (Fsp3) is 0.556. The molecule has 1 amide bonds. The molecule has 4 atom stereocenters. The van der Waals surface area contributed by atoms with Crippen LogP contribution >= 0.6 is 18.0 Å². The second-order valence-corrected chi connectivity index (χ2v) is 9.38. The van der Waals surface area contributed by atoms with Crippen molar-refractivity contribution in [3.8, 4) is 0 Å². The van der Waals surface area contributed by atoms with Gasteiger partial charge in [0.2, 0.25) is 5.82 Å². The minimum Gasteiger partial charge on any atom is -0.380 e. The highest BCUT2D eigenvalue weighted by molar-refractivity contribution is 8.56. The quantitative estimate of drug-likeness (QED) is 0.559. The van der Waals surface area contributed by atoms with E-state index in [-0.39, 0.29) is 11.6 Å². The van der Waals surface area contributed by atoms with E-state index in [1.165, 1.54) is 0 Å². The SMILES string of the molecule is CP(=O)(O)SC[C@H]1O[C@@H](n2cnc(C(N)=O)n2)[C@H](O)C1=O. The Morgan fingerprint density at radius 2 is 2.33 bits per heavy atom. The molecule has 1 aromatic rings. The predicted octanol–water partition coefficient (Wildman–Crippen LogP) is -1.25. The van der Waals surface area contributed by atoms with Gasteiger partial charge in [-0.1, -0.05) is 11.4 Å². The molecule has 1 aliphatic rings. The Morgan fingerprint density at radius 1 is 1.67 bits per heavy atom. The van der Waals surface area contributed by atoms with Crippen molar-refractivity contribution in [3.05, 3.63) is 12.2 Å². The average Bonchev–Trinajstić information content (AvgIpc) is 2.94. The summed E-state index contributed by atoms with van der Waals surface area (Å²) >= 11 is 0.679. The van der Waals surface area contributed by atoms with Crippen LogP contribution < -0.4 is 5.73 Å². The van der Waals surface area contributed by atoms with Gasteiger partial charge in [-0.25, -0.2) is 9.67 Å². The van der Waals surface area contributed by atoms with Crippen LogP contribution in [0.15, 0.2) is 6.33 Å². The summed E-state index contributed by atoms with van der Waals surface area (Å²) in [5.74, 6) is -1.83. The topological polar surface area (TPSA) is 158 Å². The van der Waals surface area contributed by atoms with Gasteiger partial charge in [0.15, 0.2) is 18.1 Å². The van der Waals surface area contributed by atoms with Crippen LogP contribution in [0.3, 0.4) is 0 Å². The van der Waals surface area contributed by atoms with Crippen molar-refractivity contribution in [1.29, 1.82) is 0 Å². The van der Waals surface area contributed by atoms with Crippen molar-refractivity contribution in [1.82, 2.24) is 14.8 Å². The van der Waals surface area contributed by atoms with E-state index in [1.54, 1.807) is 0 Å². The maximum absolute atomic E-state index is 11.8. The lowest BCUT2D eigenvalue weighted by molar-refractivity contribution is -0.126. The fourth-order valence-electron chi connectivity index (χ4n) is 1.69. The van der Waals surface area contributed by atoms with Crippen LogP contribution in [0, 0.1) is 0 Å². The van der Waals surface area contributed by atoms with Gasteiger partial charge in [-0.3, -0.25) is 14.2 Å². The number of nitrogens with zero attached hydrogens (tertiary/aromatic N) is 3. The molecule has 0 aromatic carbocycles. The molecule has 21 heavy (non-hydrogen) atoms. The molecule has 1 aromatic heterocycles. The summed E-state index contributed by atoms with van der Waals surface area (Å²) < 4.78 is 17.5. The summed E-state index contributed by atoms with van der Waals surface area (Å²) in [6, 6.07) is 0. The van der Waals surface area contributed by atoms with Crippen molar-refractivity contribution in [2.45, 2.75) is 18.4 Å². The molecule has 0 saturated carbocycles. The number of hydrogen-bond acceptors (Lipinski definition) is 8. The zero-order chi connectivity index (χ0) is 15.8. The Hall–Kier alpha value is -1.26. The van der Waals surface area contributed by atoms with Gasteiger partial charge in [-0.15, -0.1) is 5.10 Å². The third-order valence-electron chi connectivity index (χ3n) is 2.64. The first-order chi connectivity index (χ1) is 9.69. The number of hydrogen-bond donors (Lipinski definition) is 3. The van der Waals surface area contributed by atoms with E-state index in [0.717, 1.165) is 17.7 Å². The van der Waals surface area contributed by atoms with Crippen molar-refractivity contribution >= 4 is 29.6 Å². The maximum Gasteiger partial charge on any atom is 0.288 e. The number of nitrogens with two attached hydrogens (primary N) is 1. The predicted molar refractivity (Wildman–Crippen MR) is 71.7 cm³/mol. The van der Waals surface area contributed by atoms with Crippen molar-refractivity contribution in [2.24, 2.45) is 5.73 Å². The minimum atomic E-state index is -3.36. The molecule has 0 spiro atoms. The molecule has 2 heterocycles. The first-order valence-electron chi connectivity index (χ1n) is 5.72. The van der Waals surface area contributed by atoms with Crippen LogP contribution in [-0.4, -0.2) is 61.1 Å². The highest BCUT2D eigenvalue weighted by Gasteiger charge is 2.44. The average molecular weight is 336 g/mol. The number of aromatic nitrogens is 3. The minimum absolute atomic E-state index is 0.0754. The molecule has 2 rings (SSSR count). The Labute approximate surface area is 122 Å². The van der Waals surface area contributed by atoms with Crippen LogP contribution in [0.1, 0.15) is 16.8 Å². The molecule has 0 bridgehead atoms. The Bertz CT molecular complexity index is 615. The number of amides is 1. The number of ether oxygens (including phenoxy) is 1. The lowest BCUT2D eigenvalue weighted by Gasteiger charge is -2.13. The van der Waals surface area contributed by atoms with E-state index in [2.05, 4.69) is 10.1 Å². The zero-order valence-electron chi connectivity index (χ0n) is 10.8. The largest absolute Gasteiger partial charge is 0.380 e. The molecule has 0 aliphatic carbocycles. The Kier molecular flexibility index (Phi) is 4.49. The molecule has 12 heteroatoms. The van der Waals surface area contributed by atoms with Crippen molar-refractivity contribution < 1.29 is 28.9 Å². The number of aliphatic hydroxyl groups is 1. The van der Waals surface area contributed by atoms with Crippen LogP contribution in [0.5, 0.6) is 0 Å². The summed E-state index contributed by atoms with van der Waals surface area (Å²) in [4.78, 5) is 35.5. The third-order valence-corrected chi connectivity index (χ3v) is 5.45. The van der Waals surface area contributed by atoms with Gasteiger partial charge in [0.25, 0.3) is 12.5 Å². The van der Waals surface area contributed by atoms with E-state index in [9.17, 15) is 24.2 Å². The van der Waals surface area contributed by atoms with Crippen molar-refractivity contribution in [3.63, 3.8) is 0 Å². The molecular weight excluding hydrogens is 323 g/mol. The number of primary amides is 1. The fourth-order valence-corrected chi connectivity index (χ4v) is 3.58. The van der Waals surface area contributed by atoms with Gasteiger partial charge in [0, 0.05) is 12.4 Å². The van der Waals surface area contributed by atoms with Crippen LogP contribution in [0.4, 0.5) is 0 Å². The van der Waals surface area contributed by atoms with Gasteiger partial charge in [0.1, 0.15) is 12.4 Å². The number of carbonyl (C=O) groups excluding carboxylic acids is 2. The maximum atomic E-state index is 11.8. The first-order valence-corrected chi connectivity index (χ1v) is 9.42. The summed E-state index contributed by atoms with van der Waals surface area (Å²) in [5, 5.41) is 13.5. The molecule has 1 aliphatic heterocycles. The monoisotopic (exact) mass is 336 g/mol. The van der Waals surface area contributed by atoms with Gasteiger partial charge in [-0.2, -0.15) is 0 Å². The van der Waals surface area contributed by atoms with E-state index in [1.807, 2.05) is 0 Å². The summed E-state index contributed by atoms with van der Waals surface area (Å²) in [7, 11) is 0. The lowest BCUT2D eigenvalue weighted by atomic mass is 10.2. The highest BCUT2D eigenvalue weighted by Crippen LogP contribution is 2.51. The number of ketones is 1. The smallest absolute Gasteiger partial charge is 0.288 e. The first kappa shape index (κ1) is 16.1. The van der Waals surface area contributed by atoms with E-state index >= 15 is 0 Å². The van der Waals surface area contributed by atoms with Crippen LogP contribution in [-0.2, 0) is 14.1 Å². The molecule has 116 valence electrons. The van der Waals surface area contributed by atoms with Gasteiger partial charge >= 0.3 is 0 Å². The standard InChI is InChI=1S/C9H13N4O6PS/c1-20(17,18)21-2-4-5(14)6(15)9(19-4)13-3-11-8(12-13)7(10)16/h3-4,6,9,15H,2H2,1H3,(H2,10,16)(H,17,18)/t4-,6-,9-/m1/s1. The lowest BCUT2D eigenvalue weighted by Crippen LogP contribution is -2.27. The molecular formula is C9H13N4O6PS. The highest BCUT2D eigenvalue weighted by atomic mass is 32.7. The second kappa shape index (κ2) is 5.85. The third kappa shape index (κ3) is 3.69. The molecule has 4 N–H and O–H groups in total. The van der Waals surface area contributed by atoms with Crippen LogP contribution in [0.2, 0.25) is 0 Å². The van der Waals surface area contributed by atoms with Gasteiger partial charge in [0.05, 0.1) is 0 Å². The normalized spacial score (nSPS) is 28.5. The Balaban J connectivity index is 2.10. The van der Waals surface area contributed by atoms with Crippen molar-refractivity contribution in [2.75, 3.05) is 12.4 Å². The number of carbonyl (C=O) groups is 2. The van der Waals surface area contributed by atoms with E-state index in [0.29, 0.717) is 11.4 Å². The van der Waals surface area contributed by atoms with E-state index < -0.39 is 36.7 Å². The summed E-state index contributed by atoms with van der Waals surface area (Å²) in [6.07, 6.45) is -2.60. The molecule has 0 radical (unpaired) electrons. The molecule has 1 unspecified atom stereocenters. The summed E-state index contributed by atoms with van der Waals surface area (Å²) in [6.45, 7) is -2.22. The molecule has 1 fully saturated rings. The van der Waals surface area contributed by atoms with Gasteiger partial charge in [-0.05, 0) is 0 Å². The second-order valence-electron chi connectivity index (χ2n) is 4.37. The van der Waals surface area contributed by atoms with Gasteiger partial charge < -0.3 is 20.5 Å². The van der Waals surface area contributed by atoms with Crippen LogP contribution in [0.25, 0.3) is 0 Å². The molecule has 1 saturated heterocycles. The Morgan fingerprint density at radius 3 is 2.86 bits per heavy atom. The molecule has 10 nitrogen and oxygen atoms in total. The number of aliphatic hydroxyl groups excluding tert-OH is 1. The van der Waals surface area contributed by atoms with E-state index in [4.69, 9.17) is 10.5 Å². The number of Topliss-reactive ketones (excluding diaryl/α,β-unsaturated/α-hetero) is 1.